The van der Waals surface area contributed by atoms with Gasteiger partial charge >= 0.3 is 0 Å². The maximum Gasteiger partial charge on any atom is 0.247 e. The highest BCUT2D eigenvalue weighted by molar-refractivity contribution is 5.97. The first-order valence-electron chi connectivity index (χ1n) is 9.62. The molecule has 0 aliphatic rings. The molecule has 0 aliphatic carbocycles. The zero-order valence-corrected chi connectivity index (χ0v) is 17.0. The second-order valence-electron chi connectivity index (χ2n) is 6.55. The second-order valence-corrected chi connectivity index (χ2v) is 6.55. The predicted octanol–water partition coefficient (Wildman–Crippen LogP) is 4.48. The van der Waals surface area contributed by atoms with E-state index in [0.717, 1.165) is 22.5 Å². The lowest BCUT2D eigenvalue weighted by Crippen LogP contribution is -2.46. The number of likely N-dealkylation sites (N-methyl/N-ethyl adjacent to an activating group) is 1. The Hall–Kier alpha value is -3.08. The molecule has 0 saturated carbocycles. The highest BCUT2D eigenvalue weighted by Gasteiger charge is 2.25. The number of anilines is 2. The molecular formula is C23H29N3O2. The van der Waals surface area contributed by atoms with E-state index >= 15 is 0 Å². The minimum atomic E-state index is -0.456. The van der Waals surface area contributed by atoms with E-state index in [1.54, 1.807) is 4.90 Å². The maximum atomic E-state index is 12.6. The fraction of sp³-hybridized carbons (Fsp3) is 0.304. The van der Waals surface area contributed by atoms with Crippen molar-refractivity contribution in [2.75, 3.05) is 24.2 Å². The van der Waals surface area contributed by atoms with Crippen LogP contribution in [0.1, 0.15) is 38.3 Å². The van der Waals surface area contributed by atoms with Gasteiger partial charge < -0.3 is 15.5 Å². The molecule has 5 heteroatoms. The van der Waals surface area contributed by atoms with Gasteiger partial charge in [-0.05, 0) is 48.7 Å². The van der Waals surface area contributed by atoms with Crippen LogP contribution in [0.15, 0.2) is 48.5 Å². The summed E-state index contributed by atoms with van der Waals surface area (Å²) in [5, 5.41) is 6.01. The molecule has 2 rings (SSSR count). The van der Waals surface area contributed by atoms with Gasteiger partial charge in [0.2, 0.25) is 11.8 Å². The van der Waals surface area contributed by atoms with Crippen LogP contribution in [-0.2, 0) is 9.59 Å². The number of amides is 2. The van der Waals surface area contributed by atoms with Crippen LogP contribution >= 0.6 is 0 Å². The number of carbonyl (C=O) groups excluding carboxylic acids is 2. The van der Waals surface area contributed by atoms with Gasteiger partial charge in [-0.25, -0.2) is 0 Å². The van der Waals surface area contributed by atoms with E-state index in [-0.39, 0.29) is 11.8 Å². The molecule has 2 aromatic rings. The van der Waals surface area contributed by atoms with Gasteiger partial charge in [-0.1, -0.05) is 43.3 Å². The largest absolute Gasteiger partial charge is 0.388 e. The normalized spacial score (nSPS) is 11.9. The van der Waals surface area contributed by atoms with Gasteiger partial charge in [0.15, 0.2) is 0 Å². The molecule has 0 aliphatic heterocycles. The molecule has 0 bridgehead atoms. The summed E-state index contributed by atoms with van der Waals surface area (Å²) in [7, 11) is 1.90. The van der Waals surface area contributed by atoms with Crippen LogP contribution in [0.5, 0.6) is 0 Å². The van der Waals surface area contributed by atoms with Crippen molar-refractivity contribution in [2.45, 2.75) is 33.2 Å². The van der Waals surface area contributed by atoms with Crippen molar-refractivity contribution < 1.29 is 9.59 Å². The SMILES string of the molecule is CC[C@@H](C(=O)Nc1ccc(/C=C/c2ccc(NC)cc2)cc1)N(CC)C(C)=O. The molecule has 5 nitrogen and oxygen atoms in total. The maximum absolute atomic E-state index is 12.6. The van der Waals surface area contributed by atoms with E-state index in [1.165, 1.54) is 6.92 Å². The highest BCUT2D eigenvalue weighted by atomic mass is 16.2. The minimum Gasteiger partial charge on any atom is -0.388 e. The van der Waals surface area contributed by atoms with Crippen LogP contribution in [0.25, 0.3) is 12.2 Å². The Bertz CT molecular complexity index is 811. The molecule has 148 valence electrons. The molecular weight excluding hydrogens is 350 g/mol. The molecule has 2 amide bonds. The molecule has 0 radical (unpaired) electrons. The number of rotatable bonds is 8. The fourth-order valence-corrected chi connectivity index (χ4v) is 3.07. The molecule has 28 heavy (non-hydrogen) atoms. The van der Waals surface area contributed by atoms with Crippen molar-refractivity contribution in [2.24, 2.45) is 0 Å². The Labute approximate surface area is 167 Å². The van der Waals surface area contributed by atoms with E-state index in [1.807, 2.05) is 69.4 Å². The summed E-state index contributed by atoms with van der Waals surface area (Å²) < 4.78 is 0. The summed E-state index contributed by atoms with van der Waals surface area (Å²) >= 11 is 0. The van der Waals surface area contributed by atoms with Gasteiger partial charge in [-0.3, -0.25) is 9.59 Å². The molecule has 2 N–H and O–H groups in total. The summed E-state index contributed by atoms with van der Waals surface area (Å²) in [6.45, 7) is 5.80. The Morgan fingerprint density at radius 1 is 0.929 bits per heavy atom. The smallest absolute Gasteiger partial charge is 0.247 e. The topological polar surface area (TPSA) is 61.4 Å². The van der Waals surface area contributed by atoms with Gasteiger partial charge in [0.1, 0.15) is 6.04 Å². The van der Waals surface area contributed by atoms with Crippen LogP contribution in [0.2, 0.25) is 0 Å². The number of nitrogens with zero attached hydrogens (tertiary/aromatic N) is 1. The van der Waals surface area contributed by atoms with Crippen LogP contribution in [0.4, 0.5) is 11.4 Å². The fourth-order valence-electron chi connectivity index (χ4n) is 3.07. The molecule has 0 heterocycles. The number of carbonyl (C=O) groups is 2. The average molecular weight is 380 g/mol. The van der Waals surface area contributed by atoms with Crippen molar-refractivity contribution in [3.05, 3.63) is 59.7 Å². The molecule has 1 atom stereocenters. The van der Waals surface area contributed by atoms with Gasteiger partial charge in [-0.15, -0.1) is 0 Å². The lowest BCUT2D eigenvalue weighted by atomic mass is 10.1. The Kier molecular flexibility index (Phi) is 7.81. The van der Waals surface area contributed by atoms with E-state index < -0.39 is 6.04 Å². The third-order valence-corrected chi connectivity index (χ3v) is 4.66. The third kappa shape index (κ3) is 5.71. The van der Waals surface area contributed by atoms with Crippen LogP contribution in [0, 0.1) is 0 Å². The zero-order chi connectivity index (χ0) is 20.5. The second kappa shape index (κ2) is 10.3. The van der Waals surface area contributed by atoms with Gasteiger partial charge in [0.05, 0.1) is 0 Å². The Morgan fingerprint density at radius 3 is 1.82 bits per heavy atom. The zero-order valence-electron chi connectivity index (χ0n) is 17.0. The van der Waals surface area contributed by atoms with E-state index in [2.05, 4.69) is 22.8 Å². The van der Waals surface area contributed by atoms with Crippen LogP contribution in [0.3, 0.4) is 0 Å². The van der Waals surface area contributed by atoms with Gasteiger partial charge in [-0.2, -0.15) is 0 Å². The standard InChI is InChI=1S/C23H29N3O2/c1-5-22(26(6-2)17(3)27)23(28)25-21-15-11-19(12-16-21)8-7-18-9-13-20(24-4)14-10-18/h7-16,22,24H,5-6H2,1-4H3,(H,25,28)/b8-7+/t22-/m0/s1. The average Bonchev–Trinajstić information content (AvgIpc) is 2.71. The molecule has 0 saturated heterocycles. The summed E-state index contributed by atoms with van der Waals surface area (Å²) in [4.78, 5) is 25.9. The minimum absolute atomic E-state index is 0.0901. The van der Waals surface area contributed by atoms with Crippen LogP contribution < -0.4 is 10.6 Å². The highest BCUT2D eigenvalue weighted by Crippen LogP contribution is 2.16. The summed E-state index contributed by atoms with van der Waals surface area (Å²) in [6, 6.07) is 15.4. The molecule has 0 aromatic heterocycles. The van der Waals surface area contributed by atoms with E-state index in [9.17, 15) is 9.59 Å². The predicted molar refractivity (Wildman–Crippen MR) is 117 cm³/mol. The van der Waals surface area contributed by atoms with E-state index in [4.69, 9.17) is 0 Å². The lowest BCUT2D eigenvalue weighted by Gasteiger charge is -2.28. The summed E-state index contributed by atoms with van der Waals surface area (Å²) in [5.74, 6) is -0.250. The van der Waals surface area contributed by atoms with E-state index in [0.29, 0.717) is 13.0 Å². The van der Waals surface area contributed by atoms with Crippen LogP contribution in [-0.4, -0.2) is 36.3 Å². The Morgan fingerprint density at radius 2 is 1.43 bits per heavy atom. The van der Waals surface area contributed by atoms with Crippen molar-refractivity contribution in [3.8, 4) is 0 Å². The van der Waals surface area contributed by atoms with Crippen molar-refractivity contribution in [1.29, 1.82) is 0 Å². The monoisotopic (exact) mass is 379 g/mol. The first-order valence-corrected chi connectivity index (χ1v) is 9.62. The molecule has 0 unspecified atom stereocenters. The number of benzene rings is 2. The third-order valence-electron chi connectivity index (χ3n) is 4.66. The quantitative estimate of drug-likeness (QED) is 0.665. The Balaban J connectivity index is 2.02. The van der Waals surface area contributed by atoms with Crippen molar-refractivity contribution in [1.82, 2.24) is 4.90 Å². The van der Waals surface area contributed by atoms with Crippen molar-refractivity contribution >= 4 is 35.3 Å². The molecule has 0 spiro atoms. The van der Waals surface area contributed by atoms with Crippen molar-refractivity contribution in [3.63, 3.8) is 0 Å². The first-order chi connectivity index (χ1) is 13.5. The molecule has 0 fully saturated rings. The lowest BCUT2D eigenvalue weighted by molar-refractivity contribution is -0.136. The number of hydrogen-bond acceptors (Lipinski definition) is 3. The number of hydrogen-bond donors (Lipinski definition) is 2. The van der Waals surface area contributed by atoms with Gasteiger partial charge in [0.25, 0.3) is 0 Å². The molecule has 2 aromatic carbocycles. The first kappa shape index (κ1) is 21.2. The number of nitrogens with one attached hydrogen (secondary N) is 2. The summed E-state index contributed by atoms with van der Waals surface area (Å²) in [6.07, 6.45) is 4.65. The van der Waals surface area contributed by atoms with Gasteiger partial charge in [0, 0.05) is 31.9 Å². The summed E-state index contributed by atoms with van der Waals surface area (Å²) in [5.41, 5.74) is 3.96.